The van der Waals surface area contributed by atoms with E-state index >= 15 is 0 Å². The monoisotopic (exact) mass is 321 g/mol. The normalized spacial score (nSPS) is 14.9. The van der Waals surface area contributed by atoms with Gasteiger partial charge in [-0.25, -0.2) is 0 Å². The Labute approximate surface area is 141 Å². The number of anilines is 2. The topological polar surface area (TPSA) is 72.3 Å². The van der Waals surface area contributed by atoms with Gasteiger partial charge in [-0.3, -0.25) is 9.78 Å². The van der Waals surface area contributed by atoms with Crippen LogP contribution in [0.2, 0.25) is 0 Å². The number of carbonyl (C=O) groups is 1. The lowest BCUT2D eigenvalue weighted by molar-refractivity contribution is 0.102. The average Bonchev–Trinajstić information content (AvgIpc) is 2.63. The van der Waals surface area contributed by atoms with Crippen molar-refractivity contribution in [3.8, 4) is 6.07 Å². The fourth-order valence-corrected chi connectivity index (χ4v) is 2.71. The summed E-state index contributed by atoms with van der Waals surface area (Å²) in [5.41, 5.74) is 2.43. The number of benzene rings is 1. The molecule has 1 N–H and O–H groups in total. The van der Waals surface area contributed by atoms with Crippen LogP contribution in [-0.2, 0) is 0 Å². The van der Waals surface area contributed by atoms with Crippen LogP contribution in [0.1, 0.15) is 16.1 Å². The Balaban J connectivity index is 1.80. The maximum Gasteiger partial charge on any atom is 0.274 e. The Morgan fingerprint density at radius 1 is 1.21 bits per heavy atom. The van der Waals surface area contributed by atoms with E-state index < -0.39 is 0 Å². The molecule has 1 amide bonds. The van der Waals surface area contributed by atoms with Crippen molar-refractivity contribution < 1.29 is 4.79 Å². The van der Waals surface area contributed by atoms with Gasteiger partial charge in [0.15, 0.2) is 0 Å². The molecule has 6 nitrogen and oxygen atoms in total. The third kappa shape index (κ3) is 3.53. The van der Waals surface area contributed by atoms with Gasteiger partial charge in [-0.1, -0.05) is 12.1 Å². The van der Waals surface area contributed by atoms with E-state index in [1.54, 1.807) is 6.07 Å². The highest BCUT2D eigenvalue weighted by atomic mass is 16.1. The Morgan fingerprint density at radius 3 is 2.71 bits per heavy atom. The lowest BCUT2D eigenvalue weighted by atomic mass is 10.2. The van der Waals surface area contributed by atoms with Crippen molar-refractivity contribution in [1.29, 1.82) is 5.26 Å². The molecule has 2 heterocycles. The van der Waals surface area contributed by atoms with Crippen LogP contribution >= 0.6 is 0 Å². The molecule has 0 saturated carbocycles. The fraction of sp³-hybridized carbons (Fsp3) is 0.278. The third-order valence-electron chi connectivity index (χ3n) is 4.12. The van der Waals surface area contributed by atoms with E-state index in [1.165, 1.54) is 12.3 Å². The molecule has 24 heavy (non-hydrogen) atoms. The summed E-state index contributed by atoms with van der Waals surface area (Å²) in [4.78, 5) is 21.1. The Hall–Kier alpha value is -2.91. The van der Waals surface area contributed by atoms with E-state index in [4.69, 9.17) is 5.26 Å². The predicted octanol–water partition coefficient (Wildman–Crippen LogP) is 1.96. The van der Waals surface area contributed by atoms with E-state index in [-0.39, 0.29) is 11.6 Å². The van der Waals surface area contributed by atoms with E-state index in [0.717, 1.165) is 37.6 Å². The minimum absolute atomic E-state index is 0.238. The molecule has 3 rings (SSSR count). The predicted molar refractivity (Wildman–Crippen MR) is 93.1 cm³/mol. The van der Waals surface area contributed by atoms with Crippen LogP contribution in [0.15, 0.2) is 42.6 Å². The molecule has 2 aromatic rings. The zero-order chi connectivity index (χ0) is 16.9. The highest BCUT2D eigenvalue weighted by Crippen LogP contribution is 2.26. The Kier molecular flexibility index (Phi) is 4.73. The van der Waals surface area contributed by atoms with Crippen LogP contribution in [0.4, 0.5) is 11.4 Å². The van der Waals surface area contributed by atoms with E-state index in [9.17, 15) is 4.79 Å². The summed E-state index contributed by atoms with van der Waals surface area (Å²) >= 11 is 0. The Bertz CT molecular complexity index is 775. The molecule has 1 aromatic carbocycles. The van der Waals surface area contributed by atoms with Crippen molar-refractivity contribution in [2.75, 3.05) is 43.4 Å². The number of carbonyl (C=O) groups excluding carboxylic acids is 1. The van der Waals surface area contributed by atoms with Crippen molar-refractivity contribution >= 4 is 17.3 Å². The first-order chi connectivity index (χ1) is 11.7. The first-order valence-electron chi connectivity index (χ1n) is 7.87. The van der Waals surface area contributed by atoms with Gasteiger partial charge in [0, 0.05) is 32.4 Å². The molecule has 0 spiro atoms. The number of rotatable bonds is 3. The molecule has 0 aliphatic carbocycles. The largest absolute Gasteiger partial charge is 0.367 e. The quantitative estimate of drug-likeness (QED) is 0.935. The zero-order valence-electron chi connectivity index (χ0n) is 13.6. The van der Waals surface area contributed by atoms with Gasteiger partial charge < -0.3 is 15.1 Å². The van der Waals surface area contributed by atoms with Gasteiger partial charge in [-0.15, -0.1) is 0 Å². The van der Waals surface area contributed by atoms with Gasteiger partial charge in [0.1, 0.15) is 5.69 Å². The van der Waals surface area contributed by atoms with Crippen LogP contribution in [0.5, 0.6) is 0 Å². The van der Waals surface area contributed by atoms with Crippen LogP contribution in [0.3, 0.4) is 0 Å². The lowest BCUT2D eigenvalue weighted by Crippen LogP contribution is -2.44. The van der Waals surface area contributed by atoms with Gasteiger partial charge in [0.25, 0.3) is 5.91 Å². The molecule has 0 unspecified atom stereocenters. The summed E-state index contributed by atoms with van der Waals surface area (Å²) in [7, 11) is 2.11. The number of piperazine rings is 1. The molecular formula is C18H19N5O. The zero-order valence-corrected chi connectivity index (χ0v) is 13.6. The van der Waals surface area contributed by atoms with Crippen molar-refractivity contribution in [2.45, 2.75) is 0 Å². The highest BCUT2D eigenvalue weighted by molar-refractivity contribution is 6.04. The summed E-state index contributed by atoms with van der Waals surface area (Å²) in [6.07, 6.45) is 1.47. The number of nitrogens with zero attached hydrogens (tertiary/aromatic N) is 4. The second-order valence-electron chi connectivity index (χ2n) is 5.80. The Morgan fingerprint density at radius 2 is 1.96 bits per heavy atom. The number of nitriles is 1. The number of pyridine rings is 1. The van der Waals surface area contributed by atoms with Crippen LogP contribution in [0, 0.1) is 11.3 Å². The number of hydrogen-bond donors (Lipinski definition) is 1. The first kappa shape index (κ1) is 16.0. The molecule has 6 heteroatoms. The lowest BCUT2D eigenvalue weighted by Gasteiger charge is -2.35. The summed E-state index contributed by atoms with van der Waals surface area (Å²) in [5.74, 6) is -0.311. The van der Waals surface area contributed by atoms with Crippen LogP contribution in [-0.4, -0.2) is 49.0 Å². The average molecular weight is 321 g/mol. The van der Waals surface area contributed by atoms with E-state index in [1.807, 2.05) is 30.3 Å². The van der Waals surface area contributed by atoms with Crippen molar-refractivity contribution in [3.05, 3.63) is 53.9 Å². The number of nitrogens with one attached hydrogen (secondary N) is 1. The number of para-hydroxylation sites is 2. The molecule has 1 aromatic heterocycles. The number of aromatic nitrogens is 1. The smallest absolute Gasteiger partial charge is 0.274 e. The summed E-state index contributed by atoms with van der Waals surface area (Å²) in [6.45, 7) is 3.83. The summed E-state index contributed by atoms with van der Waals surface area (Å²) in [5, 5.41) is 11.9. The SMILES string of the molecule is CN1CCN(c2ccccc2NC(=O)c2cc(C#N)ccn2)CC1. The molecule has 0 bridgehead atoms. The summed E-state index contributed by atoms with van der Waals surface area (Å²) in [6, 6.07) is 12.9. The van der Waals surface area contributed by atoms with Crippen LogP contribution in [0.25, 0.3) is 0 Å². The number of amides is 1. The highest BCUT2D eigenvalue weighted by Gasteiger charge is 2.18. The van der Waals surface area contributed by atoms with Gasteiger partial charge in [0.2, 0.25) is 0 Å². The van der Waals surface area contributed by atoms with Crippen molar-refractivity contribution in [2.24, 2.45) is 0 Å². The molecule has 122 valence electrons. The third-order valence-corrected chi connectivity index (χ3v) is 4.12. The molecule has 1 saturated heterocycles. The van der Waals surface area contributed by atoms with Crippen molar-refractivity contribution in [1.82, 2.24) is 9.88 Å². The molecule has 1 aliphatic rings. The minimum Gasteiger partial charge on any atom is -0.367 e. The van der Waals surface area contributed by atoms with Gasteiger partial charge in [0.05, 0.1) is 23.0 Å². The molecule has 0 radical (unpaired) electrons. The standard InChI is InChI=1S/C18H19N5O/c1-22-8-10-23(11-9-22)17-5-3-2-4-15(17)21-18(24)16-12-14(13-19)6-7-20-16/h2-7,12H,8-11H2,1H3,(H,21,24). The molecule has 0 atom stereocenters. The van der Waals surface area contributed by atoms with Crippen molar-refractivity contribution in [3.63, 3.8) is 0 Å². The van der Waals surface area contributed by atoms with Crippen LogP contribution < -0.4 is 10.2 Å². The fourth-order valence-electron chi connectivity index (χ4n) is 2.71. The first-order valence-corrected chi connectivity index (χ1v) is 7.87. The number of hydrogen-bond acceptors (Lipinski definition) is 5. The van der Waals surface area contributed by atoms with Gasteiger partial charge in [-0.05, 0) is 31.3 Å². The maximum atomic E-state index is 12.5. The molecule has 1 fully saturated rings. The van der Waals surface area contributed by atoms with Gasteiger partial charge in [-0.2, -0.15) is 5.26 Å². The van der Waals surface area contributed by atoms with E-state index in [0.29, 0.717) is 5.56 Å². The second-order valence-corrected chi connectivity index (χ2v) is 5.80. The molecule has 1 aliphatic heterocycles. The van der Waals surface area contributed by atoms with E-state index in [2.05, 4.69) is 27.1 Å². The second kappa shape index (κ2) is 7.11. The molecular weight excluding hydrogens is 302 g/mol. The minimum atomic E-state index is -0.311. The maximum absolute atomic E-state index is 12.5. The summed E-state index contributed by atoms with van der Waals surface area (Å²) < 4.78 is 0. The van der Waals surface area contributed by atoms with Gasteiger partial charge >= 0.3 is 0 Å². The number of likely N-dealkylation sites (N-methyl/N-ethyl adjacent to an activating group) is 1.